The molecule has 0 aromatic heterocycles. The molecule has 0 radical (unpaired) electrons. The molecule has 0 aliphatic heterocycles. The van der Waals surface area contributed by atoms with Gasteiger partial charge in [0.2, 0.25) is 0 Å². The van der Waals surface area contributed by atoms with Crippen LogP contribution in [0, 0.1) is 0 Å². The third kappa shape index (κ3) is 8.61. The Bertz CT molecular complexity index is 416. The lowest BCUT2D eigenvalue weighted by atomic mass is 10.6. The van der Waals surface area contributed by atoms with Crippen LogP contribution in [0.15, 0.2) is 0 Å². The first-order chi connectivity index (χ1) is 8.23. The van der Waals surface area contributed by atoms with Crippen LogP contribution < -0.4 is 4.72 Å². The van der Waals surface area contributed by atoms with Gasteiger partial charge in [-0.1, -0.05) is 0 Å². The SMILES string of the molecule is O=C(O)CN(CC(F)(F)F)S(=O)(=O)NCC(F)(F)F. The molecule has 0 saturated carbocycles. The fourth-order valence-electron chi connectivity index (χ4n) is 0.841. The average molecular weight is 318 g/mol. The number of nitrogens with zero attached hydrogens (tertiary/aromatic N) is 1. The molecule has 0 unspecified atom stereocenters. The summed E-state index contributed by atoms with van der Waals surface area (Å²) in [6.45, 7) is -5.94. The molecule has 114 valence electrons. The number of hydrogen-bond donors (Lipinski definition) is 2. The van der Waals surface area contributed by atoms with Crippen LogP contribution in [0.5, 0.6) is 0 Å². The third-order valence-electron chi connectivity index (χ3n) is 1.46. The van der Waals surface area contributed by atoms with E-state index < -0.39 is 52.5 Å². The van der Waals surface area contributed by atoms with E-state index in [0.29, 0.717) is 0 Å². The van der Waals surface area contributed by atoms with Crippen molar-refractivity contribution in [1.82, 2.24) is 9.03 Å². The number of alkyl halides is 6. The van der Waals surface area contributed by atoms with Crippen molar-refractivity contribution in [3.05, 3.63) is 0 Å². The Morgan fingerprint density at radius 3 is 1.89 bits per heavy atom. The Morgan fingerprint density at radius 1 is 1.11 bits per heavy atom. The van der Waals surface area contributed by atoms with E-state index in [-0.39, 0.29) is 0 Å². The standard InChI is InChI=1S/C6H8F6N2O4S/c7-5(8,9)2-13-19(17,18)14(1-4(15)16)3-6(10,11)12/h13H,1-3H2,(H,15,16). The first kappa shape index (κ1) is 17.9. The molecule has 0 aromatic carbocycles. The Kier molecular flexibility index (Phi) is 5.58. The second-order valence-corrected chi connectivity index (χ2v) is 4.97. The van der Waals surface area contributed by atoms with Crippen molar-refractivity contribution >= 4 is 16.2 Å². The van der Waals surface area contributed by atoms with Gasteiger partial charge in [0.15, 0.2) is 0 Å². The van der Waals surface area contributed by atoms with Crippen molar-refractivity contribution in [2.45, 2.75) is 12.4 Å². The molecule has 13 heteroatoms. The molecule has 0 saturated heterocycles. The highest BCUT2D eigenvalue weighted by Gasteiger charge is 2.39. The number of hydrogen-bond acceptors (Lipinski definition) is 3. The summed E-state index contributed by atoms with van der Waals surface area (Å²) < 4.78 is 93.8. The largest absolute Gasteiger partial charge is 0.480 e. The molecule has 19 heavy (non-hydrogen) atoms. The molecule has 2 N–H and O–H groups in total. The predicted octanol–water partition coefficient (Wildman–Crippen LogP) is 0.332. The summed E-state index contributed by atoms with van der Waals surface area (Å²) in [7, 11) is -5.22. The molecule has 0 heterocycles. The quantitative estimate of drug-likeness (QED) is 0.691. The Hall–Kier alpha value is -1.08. The maximum absolute atomic E-state index is 12.0. The Balaban J connectivity index is 4.97. The van der Waals surface area contributed by atoms with Crippen molar-refractivity contribution < 1.29 is 44.7 Å². The molecule has 0 aliphatic rings. The van der Waals surface area contributed by atoms with Gasteiger partial charge < -0.3 is 5.11 Å². The van der Waals surface area contributed by atoms with E-state index in [1.54, 1.807) is 0 Å². The average Bonchev–Trinajstić information content (AvgIpc) is 2.10. The van der Waals surface area contributed by atoms with Gasteiger partial charge in [-0.15, -0.1) is 0 Å². The lowest BCUT2D eigenvalue weighted by Gasteiger charge is -2.22. The highest BCUT2D eigenvalue weighted by molar-refractivity contribution is 7.87. The number of carboxylic acids is 1. The number of carbonyl (C=O) groups is 1. The van der Waals surface area contributed by atoms with E-state index in [2.05, 4.69) is 0 Å². The van der Waals surface area contributed by atoms with Crippen molar-refractivity contribution in [3.63, 3.8) is 0 Å². The van der Waals surface area contributed by atoms with E-state index in [1.165, 1.54) is 0 Å². The summed E-state index contributed by atoms with van der Waals surface area (Å²) in [4.78, 5) is 10.2. The molecule has 0 fully saturated rings. The topological polar surface area (TPSA) is 86.7 Å². The van der Waals surface area contributed by atoms with E-state index in [9.17, 15) is 39.6 Å². The van der Waals surface area contributed by atoms with Crippen molar-refractivity contribution in [2.24, 2.45) is 0 Å². The van der Waals surface area contributed by atoms with Gasteiger partial charge in [0.05, 0.1) is 0 Å². The first-order valence-corrected chi connectivity index (χ1v) is 5.77. The molecule has 0 amide bonds. The van der Waals surface area contributed by atoms with E-state index in [1.807, 2.05) is 0 Å². The number of carboxylic acid groups (broad SMARTS) is 1. The lowest BCUT2D eigenvalue weighted by molar-refractivity contribution is -0.146. The van der Waals surface area contributed by atoms with Crippen LogP contribution >= 0.6 is 0 Å². The minimum Gasteiger partial charge on any atom is -0.480 e. The fourth-order valence-corrected chi connectivity index (χ4v) is 1.97. The third-order valence-corrected chi connectivity index (χ3v) is 2.91. The summed E-state index contributed by atoms with van der Waals surface area (Å²) >= 11 is 0. The van der Waals surface area contributed by atoms with Gasteiger partial charge >= 0.3 is 18.3 Å². The molecule has 0 aliphatic carbocycles. The van der Waals surface area contributed by atoms with Crippen LogP contribution in [0.2, 0.25) is 0 Å². The zero-order valence-electron chi connectivity index (χ0n) is 8.92. The fraction of sp³-hybridized carbons (Fsp3) is 0.833. The normalized spacial score (nSPS) is 13.8. The van der Waals surface area contributed by atoms with Crippen molar-refractivity contribution in [2.75, 3.05) is 19.6 Å². The van der Waals surface area contributed by atoms with Gasteiger partial charge in [-0.05, 0) is 0 Å². The second kappa shape index (κ2) is 5.92. The van der Waals surface area contributed by atoms with Crippen LogP contribution in [-0.2, 0) is 15.0 Å². The predicted molar refractivity (Wildman–Crippen MR) is 48.2 cm³/mol. The van der Waals surface area contributed by atoms with Crippen LogP contribution in [0.25, 0.3) is 0 Å². The summed E-state index contributed by atoms with van der Waals surface area (Å²) in [5, 5.41) is 8.25. The highest BCUT2D eigenvalue weighted by atomic mass is 32.2. The van der Waals surface area contributed by atoms with Crippen LogP contribution in [0.3, 0.4) is 0 Å². The minimum atomic E-state index is -5.22. The molecule has 0 rings (SSSR count). The summed E-state index contributed by atoms with van der Waals surface area (Å²) in [6, 6.07) is 0. The van der Waals surface area contributed by atoms with Crippen LogP contribution in [0.4, 0.5) is 26.3 Å². The van der Waals surface area contributed by atoms with Crippen LogP contribution in [-0.4, -0.2) is 55.8 Å². The molecule has 0 aromatic rings. The summed E-state index contributed by atoms with van der Waals surface area (Å²) in [6.07, 6.45) is -10.1. The zero-order chi connectivity index (χ0) is 15.5. The van der Waals surface area contributed by atoms with Gasteiger partial charge in [-0.3, -0.25) is 4.79 Å². The summed E-state index contributed by atoms with van der Waals surface area (Å²) in [5.41, 5.74) is 0. The van der Waals surface area contributed by atoms with Gasteiger partial charge in [0.1, 0.15) is 19.6 Å². The second-order valence-electron chi connectivity index (χ2n) is 3.22. The van der Waals surface area contributed by atoms with Gasteiger partial charge in [0.25, 0.3) is 10.2 Å². The van der Waals surface area contributed by atoms with Crippen molar-refractivity contribution in [3.8, 4) is 0 Å². The molecule has 0 bridgehead atoms. The smallest absolute Gasteiger partial charge is 0.402 e. The first-order valence-electron chi connectivity index (χ1n) is 4.33. The van der Waals surface area contributed by atoms with Gasteiger partial charge in [-0.25, -0.2) is 0 Å². The summed E-state index contributed by atoms with van der Waals surface area (Å²) in [5.74, 6) is -1.94. The van der Waals surface area contributed by atoms with E-state index >= 15 is 0 Å². The maximum Gasteiger partial charge on any atom is 0.402 e. The Morgan fingerprint density at radius 2 is 1.58 bits per heavy atom. The number of nitrogens with one attached hydrogen (secondary N) is 1. The van der Waals surface area contributed by atoms with E-state index in [4.69, 9.17) is 5.11 Å². The van der Waals surface area contributed by atoms with E-state index in [0.717, 1.165) is 4.72 Å². The van der Waals surface area contributed by atoms with Gasteiger partial charge in [0, 0.05) is 0 Å². The number of rotatable bonds is 6. The Labute approximate surface area is 103 Å². The highest BCUT2D eigenvalue weighted by Crippen LogP contribution is 2.19. The molecular weight excluding hydrogens is 310 g/mol. The number of aliphatic carboxylic acids is 1. The van der Waals surface area contributed by atoms with Crippen LogP contribution in [0.1, 0.15) is 0 Å². The molecule has 0 spiro atoms. The zero-order valence-corrected chi connectivity index (χ0v) is 9.73. The van der Waals surface area contributed by atoms with Crippen molar-refractivity contribution in [1.29, 1.82) is 0 Å². The van der Waals surface area contributed by atoms with Gasteiger partial charge in [-0.2, -0.15) is 43.8 Å². The number of halogens is 6. The minimum absolute atomic E-state index is 0.652. The lowest BCUT2D eigenvalue weighted by Crippen LogP contribution is -2.49. The monoisotopic (exact) mass is 318 g/mol. The molecule has 6 nitrogen and oxygen atoms in total. The maximum atomic E-state index is 12.0. The molecular formula is C6H8F6N2O4S. The molecule has 0 atom stereocenters.